The van der Waals surface area contributed by atoms with Crippen LogP contribution >= 0.6 is 0 Å². The van der Waals surface area contributed by atoms with Crippen LogP contribution in [0.2, 0.25) is 0 Å². The van der Waals surface area contributed by atoms with Gasteiger partial charge in [-0.1, -0.05) is 33.6 Å². The first-order valence-electron chi connectivity index (χ1n) is 7.91. The number of rotatable bonds is 1. The normalized spacial score (nSPS) is 39.8. The molecule has 2 N–H and O–H groups in total. The number of hydrogen-bond acceptors (Lipinski definition) is 2. The minimum atomic E-state index is 0.438. The molecule has 106 valence electrons. The molecule has 2 rings (SSSR count). The van der Waals surface area contributed by atoms with Crippen LogP contribution < -0.4 is 5.73 Å². The summed E-state index contributed by atoms with van der Waals surface area (Å²) in [6, 6.07) is 1.93. The summed E-state index contributed by atoms with van der Waals surface area (Å²) in [4.78, 5) is 2.79. The van der Waals surface area contributed by atoms with E-state index in [0.29, 0.717) is 17.5 Å². The largest absolute Gasteiger partial charge is 0.328 e. The molecule has 2 fully saturated rings. The summed E-state index contributed by atoms with van der Waals surface area (Å²) in [6.07, 6.45) is 8.06. The van der Waals surface area contributed by atoms with Crippen molar-refractivity contribution >= 4 is 0 Å². The van der Waals surface area contributed by atoms with Crippen LogP contribution in [0.5, 0.6) is 0 Å². The van der Waals surface area contributed by atoms with Gasteiger partial charge in [0.25, 0.3) is 0 Å². The molecule has 1 saturated carbocycles. The Balaban J connectivity index is 2.09. The fraction of sp³-hybridized carbons (Fsp3) is 1.00. The van der Waals surface area contributed by atoms with E-state index in [-0.39, 0.29) is 0 Å². The molecule has 0 aromatic rings. The minimum Gasteiger partial charge on any atom is -0.328 e. The third kappa shape index (κ3) is 3.08. The molecule has 2 aliphatic rings. The van der Waals surface area contributed by atoms with Crippen LogP contribution in [0.25, 0.3) is 0 Å². The first-order chi connectivity index (χ1) is 8.39. The Morgan fingerprint density at radius 1 is 1.06 bits per heavy atom. The SMILES string of the molecule is CC1CC(N)CCN1C1CCCCC1C(C)(C)C. The molecule has 4 unspecified atom stereocenters. The molecule has 18 heavy (non-hydrogen) atoms. The molecular formula is C16H32N2. The third-order valence-corrected chi connectivity index (χ3v) is 5.24. The average molecular weight is 252 g/mol. The van der Waals surface area contributed by atoms with Crippen molar-refractivity contribution < 1.29 is 0 Å². The summed E-state index contributed by atoms with van der Waals surface area (Å²) in [5, 5.41) is 0. The van der Waals surface area contributed by atoms with Gasteiger partial charge < -0.3 is 5.73 Å². The Hall–Kier alpha value is -0.0800. The highest BCUT2D eigenvalue weighted by molar-refractivity contribution is 4.94. The predicted molar refractivity (Wildman–Crippen MR) is 78.6 cm³/mol. The lowest BCUT2D eigenvalue weighted by molar-refractivity contribution is 0.000807. The number of likely N-dealkylation sites (tertiary alicyclic amines) is 1. The van der Waals surface area contributed by atoms with E-state index < -0.39 is 0 Å². The summed E-state index contributed by atoms with van der Waals surface area (Å²) in [5.41, 5.74) is 6.56. The van der Waals surface area contributed by atoms with E-state index in [1.807, 2.05) is 0 Å². The van der Waals surface area contributed by atoms with E-state index in [0.717, 1.165) is 12.0 Å². The van der Waals surface area contributed by atoms with Crippen molar-refractivity contribution in [1.29, 1.82) is 0 Å². The van der Waals surface area contributed by atoms with Crippen LogP contribution in [-0.2, 0) is 0 Å². The predicted octanol–water partition coefficient (Wildman–Crippen LogP) is 3.40. The summed E-state index contributed by atoms with van der Waals surface area (Å²) in [7, 11) is 0. The molecule has 1 aliphatic carbocycles. The van der Waals surface area contributed by atoms with Crippen molar-refractivity contribution in [2.45, 2.75) is 84.3 Å². The smallest absolute Gasteiger partial charge is 0.0131 e. The number of hydrogen-bond donors (Lipinski definition) is 1. The first-order valence-corrected chi connectivity index (χ1v) is 7.91. The molecule has 1 aliphatic heterocycles. The van der Waals surface area contributed by atoms with E-state index >= 15 is 0 Å². The van der Waals surface area contributed by atoms with E-state index in [1.165, 1.54) is 45.1 Å². The average Bonchev–Trinajstić information content (AvgIpc) is 2.28. The van der Waals surface area contributed by atoms with Crippen molar-refractivity contribution in [2.24, 2.45) is 17.1 Å². The Morgan fingerprint density at radius 3 is 2.33 bits per heavy atom. The highest BCUT2D eigenvalue weighted by Gasteiger charge is 2.39. The molecule has 4 atom stereocenters. The molecule has 0 radical (unpaired) electrons. The molecule has 0 amide bonds. The Labute approximate surface area is 113 Å². The van der Waals surface area contributed by atoms with Gasteiger partial charge in [0.15, 0.2) is 0 Å². The second-order valence-electron chi connectivity index (χ2n) is 7.70. The molecule has 1 saturated heterocycles. The van der Waals surface area contributed by atoms with Gasteiger partial charge in [0, 0.05) is 24.7 Å². The lowest BCUT2D eigenvalue weighted by Gasteiger charge is -2.50. The zero-order valence-electron chi connectivity index (χ0n) is 12.8. The molecular weight excluding hydrogens is 220 g/mol. The molecule has 1 heterocycles. The monoisotopic (exact) mass is 252 g/mol. The topological polar surface area (TPSA) is 29.3 Å². The number of piperidine rings is 1. The van der Waals surface area contributed by atoms with E-state index in [9.17, 15) is 0 Å². The van der Waals surface area contributed by atoms with Crippen LogP contribution in [-0.4, -0.2) is 29.6 Å². The zero-order valence-corrected chi connectivity index (χ0v) is 12.8. The third-order valence-electron chi connectivity index (χ3n) is 5.24. The second-order valence-corrected chi connectivity index (χ2v) is 7.70. The van der Waals surface area contributed by atoms with Crippen LogP contribution in [0.15, 0.2) is 0 Å². The van der Waals surface area contributed by atoms with Crippen molar-refractivity contribution in [3.05, 3.63) is 0 Å². The number of nitrogens with zero attached hydrogens (tertiary/aromatic N) is 1. The summed E-state index contributed by atoms with van der Waals surface area (Å²) >= 11 is 0. The standard InChI is InChI=1S/C16H32N2/c1-12-11-13(17)9-10-18(12)15-8-6-5-7-14(15)16(2,3)4/h12-15H,5-11,17H2,1-4H3. The zero-order chi connectivity index (χ0) is 13.3. The fourth-order valence-electron chi connectivity index (χ4n) is 4.24. The lowest BCUT2D eigenvalue weighted by Crippen LogP contribution is -2.55. The maximum absolute atomic E-state index is 6.11. The van der Waals surface area contributed by atoms with Gasteiger partial charge in [-0.05, 0) is 43.9 Å². The van der Waals surface area contributed by atoms with Gasteiger partial charge in [-0.25, -0.2) is 0 Å². The highest BCUT2D eigenvalue weighted by Crippen LogP contribution is 2.41. The molecule has 0 spiro atoms. The minimum absolute atomic E-state index is 0.438. The summed E-state index contributed by atoms with van der Waals surface area (Å²) in [5.74, 6) is 0.864. The van der Waals surface area contributed by atoms with Gasteiger partial charge >= 0.3 is 0 Å². The quantitative estimate of drug-likeness (QED) is 0.775. The van der Waals surface area contributed by atoms with Gasteiger partial charge in [-0.3, -0.25) is 4.90 Å². The number of nitrogens with two attached hydrogens (primary N) is 1. The second kappa shape index (κ2) is 5.50. The maximum atomic E-state index is 6.11. The van der Waals surface area contributed by atoms with Crippen molar-refractivity contribution in [3.63, 3.8) is 0 Å². The maximum Gasteiger partial charge on any atom is 0.0131 e. The van der Waals surface area contributed by atoms with E-state index in [1.54, 1.807) is 0 Å². The van der Waals surface area contributed by atoms with Crippen molar-refractivity contribution in [1.82, 2.24) is 4.90 Å². The van der Waals surface area contributed by atoms with Gasteiger partial charge in [0.2, 0.25) is 0 Å². The Bertz CT molecular complexity index is 269. The molecule has 0 bridgehead atoms. The van der Waals surface area contributed by atoms with Crippen LogP contribution in [0.4, 0.5) is 0 Å². The van der Waals surface area contributed by atoms with Crippen LogP contribution in [0.3, 0.4) is 0 Å². The van der Waals surface area contributed by atoms with E-state index in [4.69, 9.17) is 5.73 Å². The van der Waals surface area contributed by atoms with E-state index in [2.05, 4.69) is 32.6 Å². The molecule has 0 aromatic carbocycles. The summed E-state index contributed by atoms with van der Waals surface area (Å²) in [6.45, 7) is 10.9. The molecule has 0 aromatic heterocycles. The van der Waals surface area contributed by atoms with Crippen molar-refractivity contribution in [3.8, 4) is 0 Å². The van der Waals surface area contributed by atoms with Crippen LogP contribution in [0, 0.1) is 11.3 Å². The molecule has 2 nitrogen and oxygen atoms in total. The van der Waals surface area contributed by atoms with Gasteiger partial charge in [-0.15, -0.1) is 0 Å². The highest BCUT2D eigenvalue weighted by atomic mass is 15.2. The summed E-state index contributed by atoms with van der Waals surface area (Å²) < 4.78 is 0. The van der Waals surface area contributed by atoms with Gasteiger partial charge in [0.1, 0.15) is 0 Å². The van der Waals surface area contributed by atoms with Gasteiger partial charge in [-0.2, -0.15) is 0 Å². The first kappa shape index (κ1) is 14.3. The van der Waals surface area contributed by atoms with Gasteiger partial charge in [0.05, 0.1) is 0 Å². The fourth-order valence-corrected chi connectivity index (χ4v) is 4.24. The van der Waals surface area contributed by atoms with Crippen molar-refractivity contribution in [2.75, 3.05) is 6.54 Å². The Kier molecular flexibility index (Phi) is 4.38. The Morgan fingerprint density at radius 2 is 1.72 bits per heavy atom. The van der Waals surface area contributed by atoms with Crippen LogP contribution in [0.1, 0.15) is 66.2 Å². The lowest BCUT2D eigenvalue weighted by atomic mass is 9.68. The molecule has 2 heteroatoms.